The van der Waals surface area contributed by atoms with Crippen molar-refractivity contribution in [2.45, 2.75) is 19.5 Å². The quantitative estimate of drug-likeness (QED) is 0.696. The molecule has 0 radical (unpaired) electrons. The van der Waals surface area contributed by atoms with E-state index in [9.17, 15) is 4.79 Å². The molecule has 0 spiro atoms. The number of carboxylic acid groups (broad SMARTS) is 1. The number of hydrogen-bond acceptors (Lipinski definition) is 4. The molecule has 0 aliphatic rings. The first-order chi connectivity index (χ1) is 12.1. The van der Waals surface area contributed by atoms with E-state index < -0.39 is 5.97 Å². The lowest BCUT2D eigenvalue weighted by Gasteiger charge is -2.17. The Kier molecular flexibility index (Phi) is 5.58. The fourth-order valence-corrected chi connectivity index (χ4v) is 3.56. The van der Waals surface area contributed by atoms with Gasteiger partial charge in [0.05, 0.1) is 12.1 Å². The fraction of sp³-hybridized carbons (Fsp3) is 0.200. The Labute approximate surface area is 151 Å². The Balaban J connectivity index is 1.68. The Bertz CT molecular complexity index is 846. The van der Waals surface area contributed by atoms with Gasteiger partial charge in [-0.3, -0.25) is 9.69 Å². The maximum absolute atomic E-state index is 10.8. The third-order valence-corrected chi connectivity index (χ3v) is 4.75. The van der Waals surface area contributed by atoms with Gasteiger partial charge in [0.15, 0.2) is 0 Å². The molecule has 0 atom stereocenters. The number of nitrogens with zero attached hydrogens (tertiary/aromatic N) is 2. The van der Waals surface area contributed by atoms with Crippen LogP contribution in [0.15, 0.2) is 60.0 Å². The van der Waals surface area contributed by atoms with Crippen LogP contribution < -0.4 is 0 Å². The Morgan fingerprint density at radius 1 is 1.08 bits per heavy atom. The maximum atomic E-state index is 10.8. The molecule has 0 fully saturated rings. The van der Waals surface area contributed by atoms with E-state index in [1.807, 2.05) is 23.6 Å². The summed E-state index contributed by atoms with van der Waals surface area (Å²) in [6.45, 7) is 1.74. The highest BCUT2D eigenvalue weighted by molar-refractivity contribution is 7.13. The van der Waals surface area contributed by atoms with E-state index in [2.05, 4.69) is 53.3 Å². The molecular formula is C20H20N2O2S. The van der Waals surface area contributed by atoms with Gasteiger partial charge in [0.25, 0.3) is 0 Å². The van der Waals surface area contributed by atoms with Gasteiger partial charge in [-0.25, -0.2) is 4.98 Å². The molecule has 0 saturated carbocycles. The van der Waals surface area contributed by atoms with Crippen molar-refractivity contribution < 1.29 is 9.90 Å². The van der Waals surface area contributed by atoms with E-state index in [0.29, 0.717) is 5.69 Å². The van der Waals surface area contributed by atoms with E-state index in [1.54, 1.807) is 0 Å². The van der Waals surface area contributed by atoms with Crippen molar-refractivity contribution >= 4 is 17.3 Å². The highest BCUT2D eigenvalue weighted by Gasteiger charge is 2.09. The average molecular weight is 352 g/mol. The minimum Gasteiger partial charge on any atom is -0.481 e. The van der Waals surface area contributed by atoms with Crippen LogP contribution in [0.2, 0.25) is 0 Å². The second-order valence-corrected chi connectivity index (χ2v) is 6.93. The van der Waals surface area contributed by atoms with E-state index in [4.69, 9.17) is 5.11 Å². The van der Waals surface area contributed by atoms with Crippen molar-refractivity contribution in [3.63, 3.8) is 0 Å². The summed E-state index contributed by atoms with van der Waals surface area (Å²) in [5.41, 5.74) is 4.15. The number of rotatable bonds is 7. The van der Waals surface area contributed by atoms with Gasteiger partial charge in [-0.15, -0.1) is 11.3 Å². The molecular weight excluding hydrogens is 332 g/mol. The van der Waals surface area contributed by atoms with Crippen LogP contribution >= 0.6 is 11.3 Å². The molecule has 1 N–H and O–H groups in total. The summed E-state index contributed by atoms with van der Waals surface area (Å²) in [7, 11) is 2.11. The number of thiazole rings is 1. The van der Waals surface area contributed by atoms with Crippen molar-refractivity contribution in [3.05, 3.63) is 76.8 Å². The van der Waals surface area contributed by atoms with E-state index in [0.717, 1.165) is 23.7 Å². The molecule has 1 heterocycles. The number of carbonyl (C=O) groups is 1. The molecule has 1 aromatic heterocycles. The van der Waals surface area contributed by atoms with Crippen LogP contribution in [0.3, 0.4) is 0 Å². The van der Waals surface area contributed by atoms with Crippen molar-refractivity contribution in [1.29, 1.82) is 0 Å². The summed E-state index contributed by atoms with van der Waals surface area (Å²) in [6, 6.07) is 18.7. The largest absolute Gasteiger partial charge is 0.481 e. The Morgan fingerprint density at radius 2 is 1.80 bits per heavy atom. The van der Waals surface area contributed by atoms with Gasteiger partial charge in [-0.05, 0) is 24.2 Å². The average Bonchev–Trinajstić information content (AvgIpc) is 3.03. The van der Waals surface area contributed by atoms with Crippen LogP contribution in [0.25, 0.3) is 10.6 Å². The molecule has 4 nitrogen and oxygen atoms in total. The second kappa shape index (κ2) is 8.05. The molecule has 0 bridgehead atoms. The number of carboxylic acids is 1. The summed E-state index contributed by atoms with van der Waals surface area (Å²) in [5, 5.41) is 11.6. The van der Waals surface area contributed by atoms with Gasteiger partial charge in [-0.1, -0.05) is 48.5 Å². The zero-order valence-corrected chi connectivity index (χ0v) is 14.9. The van der Waals surface area contributed by atoms with Crippen molar-refractivity contribution in [2.24, 2.45) is 0 Å². The van der Waals surface area contributed by atoms with Gasteiger partial charge in [0.2, 0.25) is 0 Å². The Morgan fingerprint density at radius 3 is 2.56 bits per heavy atom. The first kappa shape index (κ1) is 17.3. The lowest BCUT2D eigenvalue weighted by atomic mass is 10.1. The minimum absolute atomic E-state index is 0.0317. The third kappa shape index (κ3) is 4.98. The van der Waals surface area contributed by atoms with Crippen LogP contribution in [0.4, 0.5) is 0 Å². The monoisotopic (exact) mass is 352 g/mol. The zero-order valence-electron chi connectivity index (χ0n) is 14.1. The topological polar surface area (TPSA) is 53.4 Å². The normalized spacial score (nSPS) is 11.0. The predicted octanol–water partition coefficient (Wildman–Crippen LogP) is 4.07. The number of benzene rings is 2. The molecule has 0 saturated heterocycles. The molecule has 128 valence electrons. The number of aromatic nitrogens is 1. The SMILES string of the molecule is CN(Cc1ccccc1)Cc1cccc(-c2nc(CC(=O)O)cs2)c1. The van der Waals surface area contributed by atoms with Crippen LogP contribution in [-0.4, -0.2) is 28.0 Å². The van der Waals surface area contributed by atoms with Gasteiger partial charge in [0, 0.05) is 24.0 Å². The zero-order chi connectivity index (χ0) is 17.6. The van der Waals surface area contributed by atoms with Crippen LogP contribution in [0, 0.1) is 0 Å². The molecule has 2 aromatic carbocycles. The molecule has 0 aliphatic carbocycles. The van der Waals surface area contributed by atoms with Crippen molar-refractivity contribution in [2.75, 3.05) is 7.05 Å². The van der Waals surface area contributed by atoms with Gasteiger partial charge < -0.3 is 5.11 Å². The predicted molar refractivity (Wildman–Crippen MR) is 101 cm³/mol. The van der Waals surface area contributed by atoms with E-state index in [-0.39, 0.29) is 6.42 Å². The molecule has 3 rings (SSSR count). The van der Waals surface area contributed by atoms with Crippen molar-refractivity contribution in [1.82, 2.24) is 9.88 Å². The summed E-state index contributed by atoms with van der Waals surface area (Å²) in [4.78, 5) is 17.5. The third-order valence-electron chi connectivity index (χ3n) is 3.81. The van der Waals surface area contributed by atoms with Gasteiger partial charge in [-0.2, -0.15) is 0 Å². The summed E-state index contributed by atoms with van der Waals surface area (Å²) >= 11 is 1.49. The lowest BCUT2D eigenvalue weighted by molar-refractivity contribution is -0.136. The first-order valence-corrected chi connectivity index (χ1v) is 8.96. The van der Waals surface area contributed by atoms with Gasteiger partial charge in [0.1, 0.15) is 5.01 Å². The standard InChI is InChI=1S/C20H20N2O2S/c1-22(12-15-6-3-2-4-7-15)13-16-8-5-9-17(10-16)20-21-18(14-25-20)11-19(23)24/h2-10,14H,11-13H2,1H3,(H,23,24). The molecule has 0 amide bonds. The fourth-order valence-electron chi connectivity index (χ4n) is 2.74. The van der Waals surface area contributed by atoms with Crippen LogP contribution in [-0.2, 0) is 24.3 Å². The molecule has 0 unspecified atom stereocenters. The highest BCUT2D eigenvalue weighted by atomic mass is 32.1. The van der Waals surface area contributed by atoms with Crippen molar-refractivity contribution in [3.8, 4) is 10.6 Å². The molecule has 5 heteroatoms. The summed E-state index contributed by atoms with van der Waals surface area (Å²) in [5.74, 6) is -0.854. The summed E-state index contributed by atoms with van der Waals surface area (Å²) in [6.07, 6.45) is -0.0317. The van der Waals surface area contributed by atoms with Crippen LogP contribution in [0.5, 0.6) is 0 Å². The number of aliphatic carboxylic acids is 1. The first-order valence-electron chi connectivity index (χ1n) is 8.08. The van der Waals surface area contributed by atoms with E-state index in [1.165, 1.54) is 22.5 Å². The maximum Gasteiger partial charge on any atom is 0.309 e. The Hall–Kier alpha value is -2.50. The second-order valence-electron chi connectivity index (χ2n) is 6.07. The van der Waals surface area contributed by atoms with E-state index >= 15 is 0 Å². The molecule has 0 aliphatic heterocycles. The molecule has 3 aromatic rings. The summed E-state index contributed by atoms with van der Waals surface area (Å²) < 4.78 is 0. The minimum atomic E-state index is -0.854. The lowest BCUT2D eigenvalue weighted by Crippen LogP contribution is -2.17. The molecule has 25 heavy (non-hydrogen) atoms. The highest BCUT2D eigenvalue weighted by Crippen LogP contribution is 2.25. The van der Waals surface area contributed by atoms with Gasteiger partial charge >= 0.3 is 5.97 Å². The van der Waals surface area contributed by atoms with Crippen LogP contribution in [0.1, 0.15) is 16.8 Å². The number of hydrogen-bond donors (Lipinski definition) is 1. The smallest absolute Gasteiger partial charge is 0.309 e.